The lowest BCUT2D eigenvalue weighted by Crippen LogP contribution is -1.96. The SMILES string of the molecule is Cc1ccc(SCc2nccc(CO)n2)cc1. The lowest BCUT2D eigenvalue weighted by atomic mass is 10.2. The summed E-state index contributed by atoms with van der Waals surface area (Å²) in [7, 11) is 0. The van der Waals surface area contributed by atoms with Crippen molar-refractivity contribution in [3.63, 3.8) is 0 Å². The van der Waals surface area contributed by atoms with Crippen molar-refractivity contribution in [1.82, 2.24) is 9.97 Å². The number of aliphatic hydroxyl groups excluding tert-OH is 1. The average Bonchev–Trinajstić information content (AvgIpc) is 2.38. The number of rotatable bonds is 4. The van der Waals surface area contributed by atoms with Crippen LogP contribution < -0.4 is 0 Å². The number of aromatic nitrogens is 2. The number of hydrogen-bond acceptors (Lipinski definition) is 4. The third kappa shape index (κ3) is 3.54. The zero-order valence-corrected chi connectivity index (χ0v) is 10.4. The highest BCUT2D eigenvalue weighted by Crippen LogP contribution is 2.21. The molecule has 0 saturated heterocycles. The molecule has 0 aliphatic heterocycles. The van der Waals surface area contributed by atoms with Crippen LogP contribution in [0.5, 0.6) is 0 Å². The lowest BCUT2D eigenvalue weighted by molar-refractivity contribution is 0.276. The number of nitrogens with zero attached hydrogens (tertiary/aromatic N) is 2. The number of aliphatic hydroxyl groups is 1. The maximum absolute atomic E-state index is 8.98. The van der Waals surface area contributed by atoms with Gasteiger partial charge in [-0.25, -0.2) is 9.97 Å². The van der Waals surface area contributed by atoms with Gasteiger partial charge in [0, 0.05) is 11.1 Å². The second-order valence-electron chi connectivity index (χ2n) is 3.72. The Bertz CT molecular complexity index is 485. The largest absolute Gasteiger partial charge is 0.390 e. The molecule has 17 heavy (non-hydrogen) atoms. The van der Waals surface area contributed by atoms with Crippen LogP contribution in [0.15, 0.2) is 41.4 Å². The molecule has 1 aromatic carbocycles. The van der Waals surface area contributed by atoms with Gasteiger partial charge in [0.1, 0.15) is 5.82 Å². The first-order chi connectivity index (χ1) is 8.28. The van der Waals surface area contributed by atoms with Gasteiger partial charge in [-0.3, -0.25) is 0 Å². The molecular weight excluding hydrogens is 232 g/mol. The minimum absolute atomic E-state index is 0.0370. The van der Waals surface area contributed by atoms with Gasteiger partial charge < -0.3 is 5.11 Å². The molecule has 1 aromatic heterocycles. The molecule has 0 unspecified atom stereocenters. The van der Waals surface area contributed by atoms with Crippen LogP contribution in [0.25, 0.3) is 0 Å². The Balaban J connectivity index is 1.99. The van der Waals surface area contributed by atoms with Gasteiger partial charge in [-0.1, -0.05) is 17.7 Å². The zero-order chi connectivity index (χ0) is 12.1. The highest BCUT2D eigenvalue weighted by Gasteiger charge is 2.00. The third-order valence-electron chi connectivity index (χ3n) is 2.31. The lowest BCUT2D eigenvalue weighted by Gasteiger charge is -2.02. The molecule has 0 amide bonds. The summed E-state index contributed by atoms with van der Waals surface area (Å²) in [5, 5.41) is 8.98. The van der Waals surface area contributed by atoms with Gasteiger partial charge in [0.2, 0.25) is 0 Å². The van der Waals surface area contributed by atoms with Crippen molar-refractivity contribution in [2.75, 3.05) is 0 Å². The fourth-order valence-corrected chi connectivity index (χ4v) is 2.14. The summed E-state index contributed by atoms with van der Waals surface area (Å²) >= 11 is 1.69. The van der Waals surface area contributed by atoms with E-state index >= 15 is 0 Å². The first kappa shape index (κ1) is 12.1. The van der Waals surface area contributed by atoms with Gasteiger partial charge in [0.15, 0.2) is 0 Å². The van der Waals surface area contributed by atoms with Crippen molar-refractivity contribution in [1.29, 1.82) is 0 Å². The molecule has 1 N–H and O–H groups in total. The van der Waals surface area contributed by atoms with Gasteiger partial charge in [-0.15, -0.1) is 11.8 Å². The fourth-order valence-electron chi connectivity index (χ4n) is 1.38. The molecular formula is C13H14N2OS. The fraction of sp³-hybridized carbons (Fsp3) is 0.231. The molecule has 1 heterocycles. The Kier molecular flexibility index (Phi) is 4.12. The van der Waals surface area contributed by atoms with E-state index in [1.165, 1.54) is 10.5 Å². The van der Waals surface area contributed by atoms with Crippen LogP contribution in [0.3, 0.4) is 0 Å². The van der Waals surface area contributed by atoms with Gasteiger partial charge in [-0.2, -0.15) is 0 Å². The minimum Gasteiger partial charge on any atom is -0.390 e. The van der Waals surface area contributed by atoms with Crippen molar-refractivity contribution in [2.24, 2.45) is 0 Å². The van der Waals surface area contributed by atoms with Crippen LogP contribution in [-0.2, 0) is 12.4 Å². The van der Waals surface area contributed by atoms with E-state index in [0.29, 0.717) is 5.69 Å². The van der Waals surface area contributed by atoms with Crippen molar-refractivity contribution in [3.8, 4) is 0 Å². The van der Waals surface area contributed by atoms with Crippen LogP contribution in [0.4, 0.5) is 0 Å². The Morgan fingerprint density at radius 2 is 1.94 bits per heavy atom. The standard InChI is InChI=1S/C13H14N2OS/c1-10-2-4-12(5-3-10)17-9-13-14-7-6-11(8-16)15-13/h2-7,16H,8-9H2,1H3. The van der Waals surface area contributed by atoms with Crippen LogP contribution in [0, 0.1) is 6.92 Å². The molecule has 0 aliphatic rings. The molecule has 0 atom stereocenters. The third-order valence-corrected chi connectivity index (χ3v) is 3.32. The second-order valence-corrected chi connectivity index (χ2v) is 4.77. The molecule has 4 heteroatoms. The highest BCUT2D eigenvalue weighted by atomic mass is 32.2. The summed E-state index contributed by atoms with van der Waals surface area (Å²) in [6, 6.07) is 10.1. The Hall–Kier alpha value is -1.39. The minimum atomic E-state index is -0.0370. The van der Waals surface area contributed by atoms with Crippen LogP contribution in [0.2, 0.25) is 0 Å². The summed E-state index contributed by atoms with van der Waals surface area (Å²) in [5.41, 5.74) is 1.92. The van der Waals surface area contributed by atoms with Crippen molar-refractivity contribution in [3.05, 3.63) is 53.6 Å². The molecule has 0 aliphatic carbocycles. The quantitative estimate of drug-likeness (QED) is 0.842. The predicted octanol–water partition coefficient (Wildman–Crippen LogP) is 2.57. The zero-order valence-electron chi connectivity index (χ0n) is 9.63. The van der Waals surface area contributed by atoms with Gasteiger partial charge in [0.05, 0.1) is 18.1 Å². The number of benzene rings is 1. The predicted molar refractivity (Wildman–Crippen MR) is 68.7 cm³/mol. The molecule has 2 aromatic rings. The molecule has 0 bridgehead atoms. The Morgan fingerprint density at radius 3 is 2.65 bits per heavy atom. The van der Waals surface area contributed by atoms with E-state index in [0.717, 1.165) is 11.6 Å². The normalized spacial score (nSPS) is 10.5. The maximum atomic E-state index is 8.98. The summed E-state index contributed by atoms with van der Waals surface area (Å²) in [6.07, 6.45) is 1.68. The molecule has 2 rings (SSSR count). The van der Waals surface area contributed by atoms with E-state index in [9.17, 15) is 0 Å². The van der Waals surface area contributed by atoms with Gasteiger partial charge in [-0.05, 0) is 25.1 Å². The number of hydrogen-bond donors (Lipinski definition) is 1. The summed E-state index contributed by atoms with van der Waals surface area (Å²) in [4.78, 5) is 9.62. The summed E-state index contributed by atoms with van der Waals surface area (Å²) < 4.78 is 0. The molecule has 88 valence electrons. The first-order valence-corrected chi connectivity index (χ1v) is 6.37. The molecule has 0 fully saturated rings. The Labute approximate surface area is 105 Å². The van der Waals surface area contributed by atoms with E-state index in [1.807, 2.05) is 0 Å². The van der Waals surface area contributed by atoms with Crippen LogP contribution in [-0.4, -0.2) is 15.1 Å². The van der Waals surface area contributed by atoms with E-state index in [-0.39, 0.29) is 6.61 Å². The average molecular weight is 246 g/mol. The molecule has 0 spiro atoms. The smallest absolute Gasteiger partial charge is 0.138 e. The Morgan fingerprint density at radius 1 is 1.18 bits per heavy atom. The second kappa shape index (κ2) is 5.80. The first-order valence-electron chi connectivity index (χ1n) is 5.39. The van der Waals surface area contributed by atoms with Crippen molar-refractivity contribution < 1.29 is 5.11 Å². The monoisotopic (exact) mass is 246 g/mol. The van der Waals surface area contributed by atoms with E-state index in [1.54, 1.807) is 24.0 Å². The van der Waals surface area contributed by atoms with Crippen LogP contribution in [0.1, 0.15) is 17.1 Å². The molecule has 0 radical (unpaired) electrons. The number of thioether (sulfide) groups is 1. The van der Waals surface area contributed by atoms with Crippen molar-refractivity contribution >= 4 is 11.8 Å². The maximum Gasteiger partial charge on any atom is 0.138 e. The van der Waals surface area contributed by atoms with Gasteiger partial charge >= 0.3 is 0 Å². The highest BCUT2D eigenvalue weighted by molar-refractivity contribution is 7.98. The summed E-state index contributed by atoms with van der Waals surface area (Å²) in [5.74, 6) is 1.47. The number of aryl methyl sites for hydroxylation is 1. The molecule has 0 saturated carbocycles. The van der Waals surface area contributed by atoms with E-state index in [4.69, 9.17) is 5.11 Å². The topological polar surface area (TPSA) is 46.0 Å². The van der Waals surface area contributed by atoms with E-state index < -0.39 is 0 Å². The summed E-state index contributed by atoms with van der Waals surface area (Å²) in [6.45, 7) is 2.03. The van der Waals surface area contributed by atoms with Gasteiger partial charge in [0.25, 0.3) is 0 Å². The van der Waals surface area contributed by atoms with Crippen LogP contribution >= 0.6 is 11.8 Å². The van der Waals surface area contributed by atoms with E-state index in [2.05, 4.69) is 41.2 Å². The molecule has 3 nitrogen and oxygen atoms in total. The van der Waals surface area contributed by atoms with Crippen molar-refractivity contribution in [2.45, 2.75) is 24.2 Å².